The quantitative estimate of drug-likeness (QED) is 0.806. The Kier molecular flexibility index (Phi) is 4.50. The average molecular weight is 253 g/mol. The highest BCUT2D eigenvalue weighted by Gasteiger charge is 2.23. The topological polar surface area (TPSA) is 68.0 Å². The number of carbonyl (C=O) groups is 1. The number of hydrogen-bond donors (Lipinski definition) is 2. The summed E-state index contributed by atoms with van der Waals surface area (Å²) in [4.78, 5) is 16.4. The van der Waals surface area contributed by atoms with Crippen molar-refractivity contribution in [2.24, 2.45) is 5.73 Å². The number of amides is 1. The van der Waals surface area contributed by atoms with Crippen LogP contribution in [0, 0.1) is 0 Å². The Morgan fingerprint density at radius 1 is 1.41 bits per heavy atom. The van der Waals surface area contributed by atoms with Crippen molar-refractivity contribution in [2.75, 3.05) is 0 Å². The molecule has 2 rings (SSSR count). The molecule has 1 amide bonds. The van der Waals surface area contributed by atoms with Crippen molar-refractivity contribution < 1.29 is 4.79 Å². The van der Waals surface area contributed by atoms with E-state index in [4.69, 9.17) is 5.73 Å². The molecule has 0 radical (unpaired) electrons. The summed E-state index contributed by atoms with van der Waals surface area (Å²) in [6, 6.07) is 0.0442. The largest absolute Gasteiger partial charge is 0.368 e. The normalized spacial score (nSPS) is 19.8. The Hall–Kier alpha value is -0.940. The van der Waals surface area contributed by atoms with Crippen molar-refractivity contribution in [3.8, 4) is 0 Å². The van der Waals surface area contributed by atoms with Crippen LogP contribution in [0.4, 0.5) is 0 Å². The number of carbonyl (C=O) groups excluding carboxylic acids is 1. The van der Waals surface area contributed by atoms with Crippen LogP contribution >= 0.6 is 11.3 Å². The third kappa shape index (κ3) is 3.51. The molecular formula is C12H19N3OS. The fourth-order valence-corrected chi connectivity index (χ4v) is 3.04. The van der Waals surface area contributed by atoms with Crippen LogP contribution < -0.4 is 11.1 Å². The third-order valence-corrected chi connectivity index (χ3v) is 4.12. The molecule has 1 fully saturated rings. The summed E-state index contributed by atoms with van der Waals surface area (Å²) in [7, 11) is 0. The summed E-state index contributed by atoms with van der Waals surface area (Å²) < 4.78 is 0. The number of thiazole rings is 1. The summed E-state index contributed by atoms with van der Waals surface area (Å²) in [6.45, 7) is 0. The second kappa shape index (κ2) is 6.12. The van der Waals surface area contributed by atoms with Crippen LogP contribution in [0.3, 0.4) is 0 Å². The molecule has 1 aliphatic carbocycles. The SMILES string of the molecule is NC(=O)C(NC1CCCCCC1)c1cncs1. The van der Waals surface area contributed by atoms with E-state index < -0.39 is 0 Å². The Morgan fingerprint density at radius 3 is 2.65 bits per heavy atom. The molecule has 0 spiro atoms. The van der Waals surface area contributed by atoms with Gasteiger partial charge in [-0.05, 0) is 12.8 Å². The van der Waals surface area contributed by atoms with Crippen LogP contribution in [0.25, 0.3) is 0 Å². The van der Waals surface area contributed by atoms with Crippen molar-refractivity contribution in [1.29, 1.82) is 0 Å². The zero-order valence-electron chi connectivity index (χ0n) is 9.89. The highest BCUT2D eigenvalue weighted by molar-refractivity contribution is 7.09. The summed E-state index contributed by atoms with van der Waals surface area (Å²) in [5.41, 5.74) is 7.20. The smallest absolute Gasteiger partial charge is 0.240 e. The average Bonchev–Trinajstić information content (AvgIpc) is 2.70. The molecule has 1 unspecified atom stereocenters. The molecule has 1 aromatic rings. The molecule has 17 heavy (non-hydrogen) atoms. The molecule has 1 aliphatic rings. The van der Waals surface area contributed by atoms with Crippen LogP contribution in [0.15, 0.2) is 11.7 Å². The third-order valence-electron chi connectivity index (χ3n) is 3.28. The van der Waals surface area contributed by atoms with Crippen LogP contribution in [0.5, 0.6) is 0 Å². The molecule has 1 aromatic heterocycles. The van der Waals surface area contributed by atoms with Crippen LogP contribution in [-0.4, -0.2) is 16.9 Å². The van der Waals surface area contributed by atoms with Gasteiger partial charge in [0.05, 0.1) is 10.4 Å². The lowest BCUT2D eigenvalue weighted by atomic mass is 10.1. The first-order valence-electron chi connectivity index (χ1n) is 6.21. The van der Waals surface area contributed by atoms with Crippen molar-refractivity contribution in [3.05, 3.63) is 16.6 Å². The van der Waals surface area contributed by atoms with Gasteiger partial charge in [-0.3, -0.25) is 15.1 Å². The fraction of sp³-hybridized carbons (Fsp3) is 0.667. The molecule has 4 nitrogen and oxygen atoms in total. The zero-order chi connectivity index (χ0) is 12.1. The van der Waals surface area contributed by atoms with Crippen LogP contribution in [0.2, 0.25) is 0 Å². The molecule has 3 N–H and O–H groups in total. The van der Waals surface area contributed by atoms with Crippen molar-refractivity contribution in [3.63, 3.8) is 0 Å². The Labute approximate surface area is 106 Å². The standard InChI is InChI=1S/C12H19N3OS/c13-12(16)11(10-7-14-8-17-10)15-9-5-3-1-2-4-6-9/h7-9,11,15H,1-6H2,(H2,13,16). The number of nitrogens with two attached hydrogens (primary N) is 1. The lowest BCUT2D eigenvalue weighted by Crippen LogP contribution is -2.39. The van der Waals surface area contributed by atoms with E-state index in [1.165, 1.54) is 37.0 Å². The van der Waals surface area contributed by atoms with Gasteiger partial charge in [0.2, 0.25) is 5.91 Å². The van der Waals surface area contributed by atoms with Gasteiger partial charge >= 0.3 is 0 Å². The predicted molar refractivity (Wildman–Crippen MR) is 68.7 cm³/mol. The molecular weight excluding hydrogens is 234 g/mol. The lowest BCUT2D eigenvalue weighted by molar-refractivity contribution is -0.120. The van der Waals surface area contributed by atoms with E-state index in [1.807, 2.05) is 0 Å². The van der Waals surface area contributed by atoms with Crippen LogP contribution in [-0.2, 0) is 4.79 Å². The Bertz CT molecular complexity index is 345. The number of rotatable bonds is 4. The van der Waals surface area contributed by atoms with Gasteiger partial charge in [0, 0.05) is 12.2 Å². The molecule has 1 saturated carbocycles. The number of nitrogens with one attached hydrogen (secondary N) is 1. The fourth-order valence-electron chi connectivity index (χ4n) is 2.35. The van der Waals surface area contributed by atoms with E-state index in [-0.39, 0.29) is 11.9 Å². The first kappa shape index (κ1) is 12.5. The molecule has 1 heterocycles. The van der Waals surface area contributed by atoms with Crippen molar-refractivity contribution in [2.45, 2.75) is 50.6 Å². The molecule has 94 valence electrons. The highest BCUT2D eigenvalue weighted by atomic mass is 32.1. The maximum absolute atomic E-state index is 11.5. The monoisotopic (exact) mass is 253 g/mol. The number of primary amides is 1. The van der Waals surface area contributed by atoms with E-state index in [2.05, 4.69) is 10.3 Å². The van der Waals surface area contributed by atoms with E-state index in [1.54, 1.807) is 11.7 Å². The second-order valence-corrected chi connectivity index (χ2v) is 5.51. The predicted octanol–water partition coefficient (Wildman–Crippen LogP) is 1.98. The van der Waals surface area contributed by atoms with E-state index in [0.29, 0.717) is 6.04 Å². The van der Waals surface area contributed by atoms with Gasteiger partial charge in [0.25, 0.3) is 0 Å². The summed E-state index contributed by atoms with van der Waals surface area (Å²) in [5, 5.41) is 3.39. The number of hydrogen-bond acceptors (Lipinski definition) is 4. The first-order chi connectivity index (χ1) is 8.27. The minimum Gasteiger partial charge on any atom is -0.368 e. The van der Waals surface area contributed by atoms with E-state index in [9.17, 15) is 4.79 Å². The Balaban J connectivity index is 2.00. The van der Waals surface area contributed by atoms with Gasteiger partial charge < -0.3 is 5.73 Å². The van der Waals surface area contributed by atoms with Gasteiger partial charge in [-0.2, -0.15) is 0 Å². The minimum absolute atomic E-state index is 0.307. The highest BCUT2D eigenvalue weighted by Crippen LogP contribution is 2.22. The molecule has 0 bridgehead atoms. The number of nitrogens with zero attached hydrogens (tertiary/aromatic N) is 1. The molecule has 1 atom stereocenters. The first-order valence-corrected chi connectivity index (χ1v) is 7.09. The van der Waals surface area contributed by atoms with E-state index >= 15 is 0 Å². The maximum Gasteiger partial charge on any atom is 0.240 e. The van der Waals surface area contributed by atoms with Crippen LogP contribution in [0.1, 0.15) is 49.4 Å². The lowest BCUT2D eigenvalue weighted by Gasteiger charge is -2.21. The summed E-state index contributed by atoms with van der Waals surface area (Å²) >= 11 is 1.48. The maximum atomic E-state index is 11.5. The molecule has 0 aromatic carbocycles. The minimum atomic E-state index is -0.370. The van der Waals surface area contributed by atoms with Gasteiger partial charge in [0.15, 0.2) is 0 Å². The molecule has 0 aliphatic heterocycles. The van der Waals surface area contributed by atoms with E-state index in [0.717, 1.165) is 17.7 Å². The van der Waals surface area contributed by atoms with Gasteiger partial charge in [-0.25, -0.2) is 0 Å². The van der Waals surface area contributed by atoms with Gasteiger partial charge in [-0.1, -0.05) is 25.7 Å². The zero-order valence-corrected chi connectivity index (χ0v) is 10.7. The summed E-state index contributed by atoms with van der Waals surface area (Å²) in [6.07, 6.45) is 9.10. The van der Waals surface area contributed by atoms with Gasteiger partial charge in [0.1, 0.15) is 6.04 Å². The Morgan fingerprint density at radius 2 is 2.12 bits per heavy atom. The second-order valence-electron chi connectivity index (χ2n) is 4.59. The van der Waals surface area contributed by atoms with Crippen molar-refractivity contribution >= 4 is 17.2 Å². The molecule has 0 saturated heterocycles. The summed E-state index contributed by atoms with van der Waals surface area (Å²) in [5.74, 6) is -0.307. The van der Waals surface area contributed by atoms with Gasteiger partial charge in [-0.15, -0.1) is 11.3 Å². The molecule has 5 heteroatoms. The number of aromatic nitrogens is 1. The van der Waals surface area contributed by atoms with Crippen molar-refractivity contribution in [1.82, 2.24) is 10.3 Å².